The van der Waals surface area contributed by atoms with Gasteiger partial charge in [-0.1, -0.05) is 44.2 Å². The molecule has 0 saturated carbocycles. The molecule has 0 bridgehead atoms. The molecule has 0 amide bonds. The fourth-order valence-corrected chi connectivity index (χ4v) is 3.57. The SMILES string of the molecule is CCCCCCCCOc1ccc(C(=O)Oc2ccc(C(=O)Oc3ccc(/C(C)=N\O)cc3)cc2)cc1. The summed E-state index contributed by atoms with van der Waals surface area (Å²) in [4.78, 5) is 24.9. The number of unbranched alkanes of at least 4 members (excludes halogenated alkanes) is 5. The zero-order valence-corrected chi connectivity index (χ0v) is 21.3. The molecular weight excluding hydrogens is 470 g/mol. The zero-order chi connectivity index (χ0) is 26.5. The van der Waals surface area contributed by atoms with Crippen LogP contribution in [0.4, 0.5) is 0 Å². The van der Waals surface area contributed by atoms with Crippen LogP contribution in [0.15, 0.2) is 78.0 Å². The number of carbonyl (C=O) groups excluding carboxylic acids is 2. The maximum absolute atomic E-state index is 12.5. The molecule has 0 saturated heterocycles. The highest BCUT2D eigenvalue weighted by Crippen LogP contribution is 2.19. The van der Waals surface area contributed by atoms with Gasteiger partial charge < -0.3 is 19.4 Å². The van der Waals surface area contributed by atoms with Crippen LogP contribution in [0.2, 0.25) is 0 Å². The lowest BCUT2D eigenvalue weighted by atomic mass is 10.1. The van der Waals surface area contributed by atoms with Gasteiger partial charge in [0.05, 0.1) is 23.4 Å². The van der Waals surface area contributed by atoms with Crippen molar-refractivity contribution in [2.24, 2.45) is 5.16 Å². The van der Waals surface area contributed by atoms with Gasteiger partial charge in [-0.05, 0) is 91.7 Å². The smallest absolute Gasteiger partial charge is 0.343 e. The molecule has 0 atom stereocenters. The van der Waals surface area contributed by atoms with Gasteiger partial charge in [0.15, 0.2) is 0 Å². The molecule has 0 aliphatic carbocycles. The van der Waals surface area contributed by atoms with Gasteiger partial charge in [0, 0.05) is 0 Å². The second kappa shape index (κ2) is 14.4. The molecule has 194 valence electrons. The van der Waals surface area contributed by atoms with Crippen molar-refractivity contribution in [2.75, 3.05) is 6.61 Å². The largest absolute Gasteiger partial charge is 0.494 e. The fourth-order valence-electron chi connectivity index (χ4n) is 3.57. The van der Waals surface area contributed by atoms with Crippen LogP contribution in [0.3, 0.4) is 0 Å². The van der Waals surface area contributed by atoms with Crippen molar-refractivity contribution in [3.8, 4) is 17.2 Å². The Morgan fingerprint density at radius 3 is 1.57 bits per heavy atom. The molecule has 0 unspecified atom stereocenters. The monoisotopic (exact) mass is 503 g/mol. The third-order valence-electron chi connectivity index (χ3n) is 5.79. The Morgan fingerprint density at radius 2 is 1.08 bits per heavy atom. The Hall–Kier alpha value is -4.13. The van der Waals surface area contributed by atoms with Crippen molar-refractivity contribution in [3.63, 3.8) is 0 Å². The van der Waals surface area contributed by atoms with E-state index < -0.39 is 11.9 Å². The van der Waals surface area contributed by atoms with Crippen molar-refractivity contribution in [1.82, 2.24) is 0 Å². The van der Waals surface area contributed by atoms with Crippen molar-refractivity contribution >= 4 is 17.7 Å². The third kappa shape index (κ3) is 8.79. The van der Waals surface area contributed by atoms with Gasteiger partial charge in [-0.3, -0.25) is 0 Å². The van der Waals surface area contributed by atoms with Crippen molar-refractivity contribution < 1.29 is 29.0 Å². The number of hydrogen-bond acceptors (Lipinski definition) is 7. The highest BCUT2D eigenvalue weighted by Gasteiger charge is 2.12. The summed E-state index contributed by atoms with van der Waals surface area (Å²) >= 11 is 0. The second-order valence-electron chi connectivity index (χ2n) is 8.65. The molecule has 1 N–H and O–H groups in total. The van der Waals surface area contributed by atoms with Crippen molar-refractivity contribution in [3.05, 3.63) is 89.5 Å². The van der Waals surface area contributed by atoms with Gasteiger partial charge in [-0.15, -0.1) is 0 Å². The number of oxime groups is 1. The lowest BCUT2D eigenvalue weighted by molar-refractivity contribution is 0.0730. The number of benzene rings is 3. The summed E-state index contributed by atoms with van der Waals surface area (Å²) in [5.41, 5.74) is 1.88. The van der Waals surface area contributed by atoms with Crippen molar-refractivity contribution in [2.45, 2.75) is 52.4 Å². The van der Waals surface area contributed by atoms with Crippen LogP contribution < -0.4 is 14.2 Å². The average molecular weight is 504 g/mol. The molecule has 3 aromatic rings. The minimum atomic E-state index is -0.547. The zero-order valence-electron chi connectivity index (χ0n) is 21.3. The number of hydrogen-bond donors (Lipinski definition) is 1. The van der Waals surface area contributed by atoms with Gasteiger partial charge >= 0.3 is 11.9 Å². The molecule has 7 heteroatoms. The van der Waals surface area contributed by atoms with Crippen LogP contribution >= 0.6 is 0 Å². The lowest BCUT2D eigenvalue weighted by Gasteiger charge is -2.08. The molecule has 0 aliphatic heterocycles. The molecule has 37 heavy (non-hydrogen) atoms. The van der Waals surface area contributed by atoms with Gasteiger partial charge in [-0.25, -0.2) is 9.59 Å². The van der Waals surface area contributed by atoms with Crippen LogP contribution in [0.25, 0.3) is 0 Å². The summed E-state index contributed by atoms with van der Waals surface area (Å²) in [6.07, 6.45) is 7.22. The van der Waals surface area contributed by atoms with Crippen LogP contribution in [0.1, 0.15) is 78.7 Å². The first-order chi connectivity index (χ1) is 18.0. The summed E-state index contributed by atoms with van der Waals surface area (Å²) in [6, 6.07) is 19.6. The minimum Gasteiger partial charge on any atom is -0.494 e. The Bertz CT molecular complexity index is 1170. The molecule has 0 aromatic heterocycles. The van der Waals surface area contributed by atoms with Gasteiger partial charge in [0.1, 0.15) is 17.2 Å². The maximum atomic E-state index is 12.5. The predicted molar refractivity (Wildman–Crippen MR) is 142 cm³/mol. The summed E-state index contributed by atoms with van der Waals surface area (Å²) in [5.74, 6) is 0.344. The molecule has 0 heterocycles. The Kier molecular flexibility index (Phi) is 10.7. The molecule has 3 aromatic carbocycles. The topological polar surface area (TPSA) is 94.4 Å². The Balaban J connectivity index is 1.46. The Labute approximate surface area is 217 Å². The summed E-state index contributed by atoms with van der Waals surface area (Å²) in [6.45, 7) is 4.53. The van der Waals surface area contributed by atoms with Gasteiger partial charge in [0.2, 0.25) is 0 Å². The van der Waals surface area contributed by atoms with E-state index in [9.17, 15) is 9.59 Å². The molecule has 0 fully saturated rings. The predicted octanol–water partition coefficient (Wildman–Crippen LogP) is 7.06. The first-order valence-electron chi connectivity index (χ1n) is 12.6. The van der Waals surface area contributed by atoms with Crippen LogP contribution in [0.5, 0.6) is 17.2 Å². The third-order valence-corrected chi connectivity index (χ3v) is 5.79. The highest BCUT2D eigenvalue weighted by molar-refractivity contribution is 5.98. The summed E-state index contributed by atoms with van der Waals surface area (Å²) < 4.78 is 16.5. The van der Waals surface area contributed by atoms with Crippen LogP contribution in [-0.4, -0.2) is 29.5 Å². The summed E-state index contributed by atoms with van der Waals surface area (Å²) in [5, 5.41) is 12.0. The van der Waals surface area contributed by atoms with E-state index in [4.69, 9.17) is 19.4 Å². The number of carbonyl (C=O) groups is 2. The number of ether oxygens (including phenoxy) is 3. The first kappa shape index (κ1) is 27.5. The average Bonchev–Trinajstić information content (AvgIpc) is 2.93. The maximum Gasteiger partial charge on any atom is 0.343 e. The molecule has 0 spiro atoms. The van der Waals surface area contributed by atoms with Crippen LogP contribution in [-0.2, 0) is 0 Å². The number of nitrogens with zero attached hydrogens (tertiary/aromatic N) is 1. The first-order valence-corrected chi connectivity index (χ1v) is 12.6. The van der Waals surface area contributed by atoms with E-state index in [-0.39, 0.29) is 0 Å². The van der Waals surface area contributed by atoms with Crippen molar-refractivity contribution in [1.29, 1.82) is 0 Å². The summed E-state index contributed by atoms with van der Waals surface area (Å²) in [7, 11) is 0. The standard InChI is InChI=1S/C30H33NO6/c1-3-4-5-6-7-8-21-35-26-15-11-24(12-16-26)29(32)37-28-19-13-25(14-20-28)30(33)36-27-17-9-23(10-18-27)22(2)31-34/h9-20,34H,3-8,21H2,1-2H3/b31-22-. The molecule has 7 nitrogen and oxygen atoms in total. The fraction of sp³-hybridized carbons (Fsp3) is 0.300. The van der Waals surface area contributed by atoms with E-state index in [1.54, 1.807) is 55.5 Å². The molecule has 3 rings (SSSR count). The molecule has 0 aliphatic rings. The van der Waals surface area contributed by atoms with E-state index in [2.05, 4.69) is 12.1 Å². The van der Waals surface area contributed by atoms with Gasteiger partial charge in [-0.2, -0.15) is 0 Å². The number of esters is 2. The second-order valence-corrected chi connectivity index (χ2v) is 8.65. The quantitative estimate of drug-likeness (QED) is 0.0670. The Morgan fingerprint density at radius 1 is 0.649 bits per heavy atom. The van der Waals surface area contributed by atoms with E-state index in [1.807, 2.05) is 0 Å². The normalized spacial score (nSPS) is 11.1. The van der Waals surface area contributed by atoms with E-state index in [1.165, 1.54) is 49.9 Å². The van der Waals surface area contributed by atoms with Crippen LogP contribution in [0, 0.1) is 0 Å². The van der Waals surface area contributed by atoms with E-state index in [0.717, 1.165) is 18.6 Å². The molecular formula is C30H33NO6. The molecule has 0 radical (unpaired) electrons. The van der Waals surface area contributed by atoms with Gasteiger partial charge in [0.25, 0.3) is 0 Å². The lowest BCUT2D eigenvalue weighted by Crippen LogP contribution is -2.10. The number of rotatable bonds is 13. The highest BCUT2D eigenvalue weighted by atomic mass is 16.5. The van der Waals surface area contributed by atoms with E-state index in [0.29, 0.717) is 40.5 Å². The minimum absolute atomic E-state index is 0.309. The van der Waals surface area contributed by atoms with E-state index >= 15 is 0 Å².